The molecule has 0 aliphatic rings. The van der Waals surface area contributed by atoms with Crippen molar-refractivity contribution in [2.45, 2.75) is 17.2 Å². The van der Waals surface area contributed by atoms with E-state index in [1.54, 1.807) is 30.3 Å². The predicted molar refractivity (Wildman–Crippen MR) is 77.0 cm³/mol. The monoisotopic (exact) mass is 317 g/mol. The minimum atomic E-state index is -2.47. The molecule has 0 radical (unpaired) electrons. The summed E-state index contributed by atoms with van der Waals surface area (Å²) in [7, 11) is 0. The molecule has 20 heavy (non-hydrogen) atoms. The molecule has 0 heterocycles. The van der Waals surface area contributed by atoms with Gasteiger partial charge in [0.15, 0.2) is 0 Å². The van der Waals surface area contributed by atoms with Crippen molar-refractivity contribution in [1.29, 1.82) is 0 Å². The minimum Gasteiger partial charge on any atom is -0.380 e. The summed E-state index contributed by atoms with van der Waals surface area (Å²) in [6.07, 6.45) is 0. The second-order valence-corrected chi connectivity index (χ2v) is 5.42. The van der Waals surface area contributed by atoms with Crippen LogP contribution in [0.25, 0.3) is 0 Å². The number of hydrogen-bond acceptors (Lipinski definition) is 2. The van der Waals surface area contributed by atoms with Crippen LogP contribution < -0.4 is 5.32 Å². The van der Waals surface area contributed by atoms with Gasteiger partial charge in [0.05, 0.1) is 5.02 Å². The highest BCUT2D eigenvalue weighted by atomic mass is 35.5. The third-order valence-corrected chi connectivity index (χ3v) is 3.65. The van der Waals surface area contributed by atoms with Crippen LogP contribution in [-0.4, -0.2) is 5.76 Å². The molecule has 2 aromatic carbocycles. The maximum Gasteiger partial charge on any atom is 0.288 e. The van der Waals surface area contributed by atoms with Crippen LogP contribution in [0, 0.1) is 5.82 Å². The van der Waals surface area contributed by atoms with Gasteiger partial charge in [-0.05, 0) is 29.8 Å². The number of halogens is 4. The van der Waals surface area contributed by atoms with Gasteiger partial charge in [0.25, 0.3) is 5.76 Å². The van der Waals surface area contributed by atoms with Crippen molar-refractivity contribution in [3.05, 3.63) is 58.9 Å². The number of hydrogen-bond donors (Lipinski definition) is 1. The summed E-state index contributed by atoms with van der Waals surface area (Å²) in [4.78, 5) is 0.468. The van der Waals surface area contributed by atoms with E-state index in [0.29, 0.717) is 28.9 Å². The van der Waals surface area contributed by atoms with Gasteiger partial charge in [-0.1, -0.05) is 41.6 Å². The Kier molecular flexibility index (Phi) is 5.20. The average molecular weight is 318 g/mol. The lowest BCUT2D eigenvalue weighted by Gasteiger charge is -2.11. The van der Waals surface area contributed by atoms with Gasteiger partial charge in [0.2, 0.25) is 0 Å². The Morgan fingerprint density at radius 2 is 1.90 bits per heavy atom. The summed E-state index contributed by atoms with van der Waals surface area (Å²) in [6.45, 7) is 0.376. The molecule has 1 N–H and O–H groups in total. The molecule has 0 saturated carbocycles. The molecule has 0 unspecified atom stereocenters. The molecular weight excluding hydrogens is 307 g/mol. The summed E-state index contributed by atoms with van der Waals surface area (Å²) in [5.74, 6) is -2.96. The van der Waals surface area contributed by atoms with Gasteiger partial charge in [-0.3, -0.25) is 0 Å². The van der Waals surface area contributed by atoms with Crippen LogP contribution in [0.1, 0.15) is 5.56 Å². The number of thioether (sulfide) groups is 1. The third-order valence-electron chi connectivity index (χ3n) is 2.57. The van der Waals surface area contributed by atoms with E-state index < -0.39 is 11.6 Å². The molecule has 106 valence electrons. The normalized spacial score (nSPS) is 10.8. The standard InChI is InChI=1S/C14H11ClF3NS/c15-10-7-9(5-6-11(10)16)8-19-12-3-1-2-4-13(12)20-14(17)18/h1-7,14,19H,8H2. The van der Waals surface area contributed by atoms with E-state index in [0.717, 1.165) is 5.56 Å². The average Bonchev–Trinajstić information content (AvgIpc) is 2.41. The summed E-state index contributed by atoms with van der Waals surface area (Å²) in [5, 5.41) is 3.09. The van der Waals surface area contributed by atoms with Crippen LogP contribution in [0.3, 0.4) is 0 Å². The second-order valence-electron chi connectivity index (χ2n) is 3.98. The number of rotatable bonds is 5. The second kappa shape index (κ2) is 6.90. The summed E-state index contributed by atoms with van der Waals surface area (Å²) in [5.41, 5.74) is 1.38. The number of para-hydroxylation sites is 1. The van der Waals surface area contributed by atoms with Crippen molar-refractivity contribution in [2.75, 3.05) is 5.32 Å². The fourth-order valence-electron chi connectivity index (χ4n) is 1.66. The Morgan fingerprint density at radius 3 is 2.60 bits per heavy atom. The van der Waals surface area contributed by atoms with Crippen molar-refractivity contribution < 1.29 is 13.2 Å². The van der Waals surface area contributed by atoms with Gasteiger partial charge in [-0.2, -0.15) is 8.78 Å². The lowest BCUT2D eigenvalue weighted by molar-refractivity contribution is 0.252. The highest BCUT2D eigenvalue weighted by Crippen LogP contribution is 2.31. The van der Waals surface area contributed by atoms with Crippen molar-refractivity contribution in [1.82, 2.24) is 0 Å². The van der Waals surface area contributed by atoms with Crippen LogP contribution in [0.2, 0.25) is 5.02 Å². The lowest BCUT2D eigenvalue weighted by atomic mass is 10.2. The zero-order valence-electron chi connectivity index (χ0n) is 10.2. The van der Waals surface area contributed by atoms with Crippen molar-refractivity contribution in [2.24, 2.45) is 0 Å². The molecule has 1 nitrogen and oxygen atoms in total. The van der Waals surface area contributed by atoms with Crippen molar-refractivity contribution in [3.63, 3.8) is 0 Å². The van der Waals surface area contributed by atoms with E-state index >= 15 is 0 Å². The molecule has 0 aliphatic heterocycles. The Balaban J connectivity index is 2.08. The largest absolute Gasteiger partial charge is 0.380 e. The van der Waals surface area contributed by atoms with Gasteiger partial charge in [-0.25, -0.2) is 4.39 Å². The van der Waals surface area contributed by atoms with Crippen LogP contribution in [0.5, 0.6) is 0 Å². The Labute approximate surface area is 124 Å². The van der Waals surface area contributed by atoms with Crippen LogP contribution >= 0.6 is 23.4 Å². The molecule has 0 amide bonds. The third kappa shape index (κ3) is 4.08. The Morgan fingerprint density at radius 1 is 1.15 bits per heavy atom. The number of nitrogens with one attached hydrogen (secondary N) is 1. The quantitative estimate of drug-likeness (QED) is 0.740. The molecule has 0 fully saturated rings. The summed E-state index contributed by atoms with van der Waals surface area (Å²) >= 11 is 6.17. The highest BCUT2D eigenvalue weighted by molar-refractivity contribution is 7.99. The van der Waals surface area contributed by atoms with Gasteiger partial charge in [0.1, 0.15) is 5.82 Å². The van der Waals surface area contributed by atoms with Crippen molar-refractivity contribution >= 4 is 29.1 Å². The molecule has 2 aromatic rings. The van der Waals surface area contributed by atoms with Crippen molar-refractivity contribution in [3.8, 4) is 0 Å². The first-order valence-corrected chi connectivity index (χ1v) is 7.03. The molecular formula is C14H11ClF3NS. The summed E-state index contributed by atoms with van der Waals surface area (Å²) in [6, 6.07) is 11.2. The Hall–Kier alpha value is -1.33. The first-order valence-electron chi connectivity index (χ1n) is 5.78. The SMILES string of the molecule is Fc1ccc(CNc2ccccc2SC(F)F)cc1Cl. The molecule has 0 bridgehead atoms. The van der Waals surface area contributed by atoms with E-state index in [4.69, 9.17) is 11.6 Å². The Bertz CT molecular complexity index is 592. The van der Waals surface area contributed by atoms with Gasteiger partial charge in [-0.15, -0.1) is 0 Å². The fraction of sp³-hybridized carbons (Fsp3) is 0.143. The molecule has 2 rings (SSSR count). The van der Waals surface area contributed by atoms with Crippen LogP contribution in [-0.2, 0) is 6.54 Å². The van der Waals surface area contributed by atoms with E-state index in [-0.39, 0.29) is 5.02 Å². The van der Waals surface area contributed by atoms with Gasteiger partial charge >= 0.3 is 0 Å². The zero-order chi connectivity index (χ0) is 14.5. The van der Waals surface area contributed by atoms with Gasteiger partial charge < -0.3 is 5.32 Å². The first-order chi connectivity index (χ1) is 9.56. The van der Waals surface area contributed by atoms with Gasteiger partial charge in [0, 0.05) is 17.1 Å². The van der Waals surface area contributed by atoms with Crippen LogP contribution in [0.15, 0.2) is 47.4 Å². The van der Waals surface area contributed by atoms with E-state index in [9.17, 15) is 13.2 Å². The molecule has 6 heteroatoms. The lowest BCUT2D eigenvalue weighted by Crippen LogP contribution is -2.01. The maximum absolute atomic E-state index is 13.0. The van der Waals surface area contributed by atoms with Crippen LogP contribution in [0.4, 0.5) is 18.9 Å². The topological polar surface area (TPSA) is 12.0 Å². The molecule has 0 saturated heterocycles. The summed E-state index contributed by atoms with van der Waals surface area (Å²) < 4.78 is 37.9. The van der Waals surface area contributed by atoms with E-state index in [1.165, 1.54) is 12.1 Å². The first kappa shape index (κ1) is 15.1. The molecule has 0 aliphatic carbocycles. The molecule has 0 aromatic heterocycles. The van der Waals surface area contributed by atoms with E-state index in [1.807, 2.05) is 0 Å². The number of alkyl halides is 2. The zero-order valence-corrected chi connectivity index (χ0v) is 11.8. The highest BCUT2D eigenvalue weighted by Gasteiger charge is 2.09. The van der Waals surface area contributed by atoms with E-state index in [2.05, 4.69) is 5.32 Å². The fourth-order valence-corrected chi connectivity index (χ4v) is 2.48. The molecule has 0 spiro atoms. The smallest absolute Gasteiger partial charge is 0.288 e. The number of anilines is 1. The number of benzene rings is 2. The maximum atomic E-state index is 13.0. The predicted octanol–water partition coefficient (Wildman–Crippen LogP) is 5.41. The molecule has 0 atom stereocenters. The minimum absolute atomic E-state index is 0.0412.